The molecule has 2 aliphatic heterocycles. The summed E-state index contributed by atoms with van der Waals surface area (Å²) < 4.78 is 2.05. The number of piperidine rings is 1. The van der Waals surface area contributed by atoms with Crippen LogP contribution in [0.3, 0.4) is 0 Å². The van der Waals surface area contributed by atoms with E-state index >= 15 is 0 Å². The first-order chi connectivity index (χ1) is 10.2. The highest BCUT2D eigenvalue weighted by Gasteiger charge is 2.27. The molecule has 0 aliphatic carbocycles. The fourth-order valence-electron chi connectivity index (χ4n) is 3.25. The van der Waals surface area contributed by atoms with Gasteiger partial charge in [0, 0.05) is 45.5 Å². The van der Waals surface area contributed by atoms with Crippen LogP contribution in [-0.4, -0.2) is 64.5 Å². The van der Waals surface area contributed by atoms with Gasteiger partial charge in [-0.05, 0) is 25.8 Å². The van der Waals surface area contributed by atoms with Crippen LogP contribution in [0.1, 0.15) is 36.7 Å². The first kappa shape index (κ1) is 14.4. The van der Waals surface area contributed by atoms with E-state index in [1.807, 2.05) is 22.7 Å². The van der Waals surface area contributed by atoms with Gasteiger partial charge < -0.3 is 19.7 Å². The number of nitrogens with one attached hydrogen (secondary N) is 1. The van der Waals surface area contributed by atoms with Gasteiger partial charge in [-0.25, -0.2) is 4.98 Å². The largest absolute Gasteiger partial charge is 0.356 e. The van der Waals surface area contributed by atoms with E-state index in [1.54, 1.807) is 0 Å². The monoisotopic (exact) mass is 291 g/mol. The molecule has 1 fully saturated rings. The number of fused-ring (bicyclic) bond motifs is 1. The number of imidazole rings is 1. The lowest BCUT2D eigenvalue weighted by molar-refractivity contribution is 0.0641. The van der Waals surface area contributed by atoms with Gasteiger partial charge in [0.25, 0.3) is 5.91 Å². The third kappa shape index (κ3) is 2.90. The van der Waals surface area contributed by atoms with E-state index < -0.39 is 0 Å². The van der Waals surface area contributed by atoms with Gasteiger partial charge in [0.1, 0.15) is 5.69 Å². The van der Waals surface area contributed by atoms with Crippen LogP contribution >= 0.6 is 0 Å². The Morgan fingerprint density at radius 2 is 2.19 bits per heavy atom. The molecular formula is C15H25N5O. The van der Waals surface area contributed by atoms with Crippen LogP contribution < -0.4 is 5.32 Å². The summed E-state index contributed by atoms with van der Waals surface area (Å²) in [5.41, 5.74) is 0.569. The molecule has 0 aromatic carbocycles. The molecule has 1 aromatic heterocycles. The smallest absolute Gasteiger partial charge is 0.274 e. The zero-order valence-electron chi connectivity index (χ0n) is 13.0. The molecule has 0 radical (unpaired) electrons. The predicted molar refractivity (Wildman–Crippen MR) is 82.6 cm³/mol. The first-order valence-electron chi connectivity index (χ1n) is 7.99. The highest BCUT2D eigenvalue weighted by Crippen LogP contribution is 2.19. The van der Waals surface area contributed by atoms with Gasteiger partial charge >= 0.3 is 0 Å². The van der Waals surface area contributed by atoms with Crippen molar-refractivity contribution in [2.45, 2.75) is 38.8 Å². The zero-order chi connectivity index (χ0) is 14.8. The Bertz CT molecular complexity index is 481. The van der Waals surface area contributed by atoms with Crippen molar-refractivity contribution in [1.82, 2.24) is 19.4 Å². The topological polar surface area (TPSA) is 53.4 Å². The zero-order valence-corrected chi connectivity index (χ0v) is 13.0. The Morgan fingerprint density at radius 1 is 1.43 bits per heavy atom. The number of carbonyl (C=O) groups excluding carboxylic acids is 1. The van der Waals surface area contributed by atoms with Crippen LogP contribution in [0.2, 0.25) is 0 Å². The maximum Gasteiger partial charge on any atom is 0.274 e. The lowest BCUT2D eigenvalue weighted by Gasteiger charge is -2.36. The molecule has 0 bridgehead atoms. The van der Waals surface area contributed by atoms with Gasteiger partial charge in [-0.3, -0.25) is 4.79 Å². The number of likely N-dealkylation sites (tertiary alicyclic amines) is 1. The van der Waals surface area contributed by atoms with E-state index in [0.29, 0.717) is 11.7 Å². The summed E-state index contributed by atoms with van der Waals surface area (Å²) in [6.45, 7) is 7.35. The molecule has 0 unspecified atom stereocenters. The number of nitrogens with zero attached hydrogens (tertiary/aromatic N) is 4. The molecule has 1 amide bonds. The third-order valence-corrected chi connectivity index (χ3v) is 4.73. The van der Waals surface area contributed by atoms with Crippen LogP contribution in [0.15, 0.2) is 6.20 Å². The van der Waals surface area contributed by atoms with E-state index in [-0.39, 0.29) is 5.91 Å². The molecule has 1 saturated heterocycles. The Morgan fingerprint density at radius 3 is 2.86 bits per heavy atom. The van der Waals surface area contributed by atoms with Crippen molar-refractivity contribution >= 4 is 11.9 Å². The van der Waals surface area contributed by atoms with Crippen molar-refractivity contribution in [3.8, 4) is 0 Å². The number of amides is 1. The molecule has 116 valence electrons. The van der Waals surface area contributed by atoms with Crippen molar-refractivity contribution < 1.29 is 4.79 Å². The third-order valence-electron chi connectivity index (χ3n) is 4.73. The molecule has 6 nitrogen and oxygen atoms in total. The second-order valence-corrected chi connectivity index (χ2v) is 6.00. The summed E-state index contributed by atoms with van der Waals surface area (Å²) >= 11 is 0. The van der Waals surface area contributed by atoms with Gasteiger partial charge in [0.05, 0.1) is 0 Å². The first-order valence-corrected chi connectivity index (χ1v) is 7.99. The van der Waals surface area contributed by atoms with E-state index in [9.17, 15) is 4.79 Å². The van der Waals surface area contributed by atoms with Crippen molar-refractivity contribution in [3.05, 3.63) is 11.9 Å². The molecular weight excluding hydrogens is 266 g/mol. The molecule has 0 atom stereocenters. The minimum absolute atomic E-state index is 0.0497. The second kappa shape index (κ2) is 6.05. The fourth-order valence-corrected chi connectivity index (χ4v) is 3.25. The van der Waals surface area contributed by atoms with Crippen LogP contribution in [0.5, 0.6) is 0 Å². The quantitative estimate of drug-likeness (QED) is 0.911. The van der Waals surface area contributed by atoms with Crippen LogP contribution in [0, 0.1) is 0 Å². The molecule has 3 heterocycles. The molecule has 0 spiro atoms. The summed E-state index contributed by atoms with van der Waals surface area (Å²) in [6, 6.07) is 0.340. The average Bonchev–Trinajstić information content (AvgIpc) is 2.97. The minimum atomic E-state index is 0.0497. The summed E-state index contributed by atoms with van der Waals surface area (Å²) in [6.07, 6.45) is 5.09. The number of anilines is 1. The van der Waals surface area contributed by atoms with Gasteiger partial charge in [-0.2, -0.15) is 0 Å². The maximum atomic E-state index is 12.6. The lowest BCUT2D eigenvalue weighted by atomic mass is 10.0. The van der Waals surface area contributed by atoms with E-state index in [2.05, 4.69) is 22.1 Å². The van der Waals surface area contributed by atoms with E-state index in [4.69, 9.17) is 0 Å². The van der Waals surface area contributed by atoms with Crippen molar-refractivity contribution in [3.63, 3.8) is 0 Å². The number of hydrogen-bond donors (Lipinski definition) is 1. The summed E-state index contributed by atoms with van der Waals surface area (Å²) in [4.78, 5) is 21.4. The lowest BCUT2D eigenvalue weighted by Crippen LogP contribution is -2.45. The standard InChI is InChI=1S/C15H25N5O/c1-3-19-9-5-12(6-10-19)18(2)14(21)13-11-20-8-4-7-16-15(20)17-13/h11-12H,3-10H2,1-2H3,(H,16,17). The number of hydrogen-bond acceptors (Lipinski definition) is 4. The molecule has 3 rings (SSSR count). The van der Waals surface area contributed by atoms with Crippen LogP contribution in [0.4, 0.5) is 5.95 Å². The second-order valence-electron chi connectivity index (χ2n) is 6.00. The Balaban J connectivity index is 1.66. The number of carbonyl (C=O) groups is 1. The number of aryl methyl sites for hydroxylation is 1. The maximum absolute atomic E-state index is 12.6. The van der Waals surface area contributed by atoms with Crippen molar-refractivity contribution in [1.29, 1.82) is 0 Å². The Hall–Kier alpha value is -1.56. The summed E-state index contributed by atoms with van der Waals surface area (Å²) in [7, 11) is 1.92. The molecule has 21 heavy (non-hydrogen) atoms. The molecule has 2 aliphatic rings. The highest BCUT2D eigenvalue weighted by molar-refractivity contribution is 5.92. The Kier molecular flexibility index (Phi) is 4.14. The average molecular weight is 291 g/mol. The van der Waals surface area contributed by atoms with Crippen LogP contribution in [0.25, 0.3) is 0 Å². The van der Waals surface area contributed by atoms with Crippen LogP contribution in [-0.2, 0) is 6.54 Å². The summed E-state index contributed by atoms with van der Waals surface area (Å²) in [5.74, 6) is 0.882. The van der Waals surface area contributed by atoms with Gasteiger partial charge in [-0.1, -0.05) is 6.92 Å². The predicted octanol–water partition coefficient (Wildman–Crippen LogP) is 1.25. The van der Waals surface area contributed by atoms with Gasteiger partial charge in [0.15, 0.2) is 0 Å². The van der Waals surface area contributed by atoms with Crippen molar-refractivity contribution in [2.75, 3.05) is 38.5 Å². The molecule has 6 heteroatoms. The highest BCUT2D eigenvalue weighted by atomic mass is 16.2. The molecule has 0 saturated carbocycles. The fraction of sp³-hybridized carbons (Fsp3) is 0.733. The summed E-state index contributed by atoms with van der Waals surface area (Å²) in [5, 5.41) is 3.24. The molecule has 1 aromatic rings. The van der Waals surface area contributed by atoms with E-state index in [0.717, 1.165) is 57.9 Å². The minimum Gasteiger partial charge on any atom is -0.356 e. The number of rotatable bonds is 3. The SMILES string of the molecule is CCN1CCC(N(C)C(=O)c2cn3c(n2)NCCC3)CC1. The van der Waals surface area contributed by atoms with Gasteiger partial charge in [0.2, 0.25) is 5.95 Å². The number of aromatic nitrogens is 2. The van der Waals surface area contributed by atoms with Crippen molar-refractivity contribution in [2.24, 2.45) is 0 Å². The van der Waals surface area contributed by atoms with E-state index in [1.165, 1.54) is 0 Å². The van der Waals surface area contributed by atoms with Gasteiger partial charge in [-0.15, -0.1) is 0 Å². The normalized spacial score (nSPS) is 19.9. The molecule has 1 N–H and O–H groups in total. The Labute approximate surface area is 126 Å².